The molecule has 1 unspecified atom stereocenters. The van der Waals surface area contributed by atoms with E-state index >= 15 is 0 Å². The van der Waals surface area contributed by atoms with E-state index in [1.165, 1.54) is 0 Å². The number of ether oxygens (including phenoxy) is 1. The lowest BCUT2D eigenvalue weighted by Crippen LogP contribution is -2.16. The van der Waals surface area contributed by atoms with E-state index in [0.717, 1.165) is 5.56 Å². The summed E-state index contributed by atoms with van der Waals surface area (Å²) in [6.07, 6.45) is 1.13. The van der Waals surface area contributed by atoms with Gasteiger partial charge in [0.25, 0.3) is 0 Å². The second-order valence-corrected chi connectivity index (χ2v) is 4.65. The number of rotatable bonds is 5. The largest absolute Gasteiger partial charge is 0.495 e. The summed E-state index contributed by atoms with van der Waals surface area (Å²) in [7, 11) is 1.55. The highest BCUT2D eigenvalue weighted by Crippen LogP contribution is 2.28. The molecule has 4 heteroatoms. The number of hydrogen-bond donors (Lipinski definition) is 1. The smallest absolute Gasteiger partial charge is 0.163 e. The van der Waals surface area contributed by atoms with Crippen LogP contribution in [0.4, 0.5) is 0 Å². The molecule has 0 aliphatic carbocycles. The van der Waals surface area contributed by atoms with Crippen molar-refractivity contribution in [3.8, 4) is 5.75 Å². The highest BCUT2D eigenvalue weighted by atomic mass is 35.5. The number of nitrogens with two attached hydrogens (primary N) is 1. The minimum Gasteiger partial charge on any atom is -0.495 e. The molecule has 3 nitrogen and oxygen atoms in total. The van der Waals surface area contributed by atoms with Crippen molar-refractivity contribution in [1.82, 2.24) is 0 Å². The van der Waals surface area contributed by atoms with Crippen LogP contribution in [0.2, 0.25) is 5.02 Å². The number of methoxy groups -OCH3 is 1. The molecule has 1 aromatic rings. The maximum absolute atomic E-state index is 12.0. The lowest BCUT2D eigenvalue weighted by molar-refractivity contribution is 0.0977. The highest BCUT2D eigenvalue weighted by molar-refractivity contribution is 6.32. The topological polar surface area (TPSA) is 52.3 Å². The van der Waals surface area contributed by atoms with Gasteiger partial charge in [-0.05, 0) is 38.0 Å². The molecule has 0 saturated carbocycles. The van der Waals surface area contributed by atoms with Crippen LogP contribution in [-0.4, -0.2) is 18.9 Å². The average molecular weight is 256 g/mol. The van der Waals surface area contributed by atoms with Gasteiger partial charge in [0.1, 0.15) is 5.75 Å². The zero-order valence-electron chi connectivity index (χ0n) is 10.4. The number of aryl methyl sites for hydroxylation is 1. The summed E-state index contributed by atoms with van der Waals surface area (Å²) >= 11 is 6.01. The molecule has 0 amide bonds. The van der Waals surface area contributed by atoms with Crippen LogP contribution in [0, 0.1) is 6.92 Å². The van der Waals surface area contributed by atoms with Gasteiger partial charge in [-0.1, -0.05) is 11.6 Å². The number of benzene rings is 1. The van der Waals surface area contributed by atoms with E-state index in [4.69, 9.17) is 22.1 Å². The van der Waals surface area contributed by atoms with Gasteiger partial charge in [-0.25, -0.2) is 0 Å². The SMILES string of the molecule is COc1cc(C)c(C(=O)CCC(C)N)cc1Cl. The first kappa shape index (κ1) is 14.0. The average Bonchev–Trinajstić information content (AvgIpc) is 2.28. The molecule has 2 N–H and O–H groups in total. The van der Waals surface area contributed by atoms with E-state index in [0.29, 0.717) is 29.2 Å². The van der Waals surface area contributed by atoms with Gasteiger partial charge in [0.05, 0.1) is 12.1 Å². The number of ketones is 1. The number of hydrogen-bond acceptors (Lipinski definition) is 3. The van der Waals surface area contributed by atoms with Gasteiger partial charge in [-0.15, -0.1) is 0 Å². The molecule has 1 atom stereocenters. The van der Waals surface area contributed by atoms with E-state index in [9.17, 15) is 4.79 Å². The summed E-state index contributed by atoms with van der Waals surface area (Å²) in [5.74, 6) is 0.664. The minimum absolute atomic E-state index is 0.0352. The number of carbonyl (C=O) groups is 1. The zero-order chi connectivity index (χ0) is 13.0. The van der Waals surface area contributed by atoms with Crippen LogP contribution >= 0.6 is 11.6 Å². The fraction of sp³-hybridized carbons (Fsp3) is 0.462. The molecule has 1 rings (SSSR count). The van der Waals surface area contributed by atoms with Crippen molar-refractivity contribution >= 4 is 17.4 Å². The normalized spacial score (nSPS) is 12.3. The summed E-state index contributed by atoms with van der Waals surface area (Å²) < 4.78 is 5.10. The molecule has 94 valence electrons. The Morgan fingerprint density at radius 3 is 2.71 bits per heavy atom. The first-order chi connectivity index (χ1) is 7.95. The van der Waals surface area contributed by atoms with Crippen LogP contribution in [0.15, 0.2) is 12.1 Å². The Morgan fingerprint density at radius 1 is 1.53 bits per heavy atom. The second kappa shape index (κ2) is 6.03. The molecule has 0 aliphatic heterocycles. The molecule has 0 saturated heterocycles. The van der Waals surface area contributed by atoms with Crippen molar-refractivity contribution in [1.29, 1.82) is 0 Å². The van der Waals surface area contributed by atoms with E-state index in [-0.39, 0.29) is 11.8 Å². The van der Waals surface area contributed by atoms with Crippen LogP contribution in [0.1, 0.15) is 35.7 Å². The van der Waals surface area contributed by atoms with Crippen LogP contribution in [-0.2, 0) is 0 Å². The van der Waals surface area contributed by atoms with Crippen molar-refractivity contribution in [2.45, 2.75) is 32.7 Å². The third kappa shape index (κ3) is 3.72. The van der Waals surface area contributed by atoms with Gasteiger partial charge in [-0.2, -0.15) is 0 Å². The third-order valence-electron chi connectivity index (χ3n) is 2.63. The lowest BCUT2D eigenvalue weighted by Gasteiger charge is -2.10. The highest BCUT2D eigenvalue weighted by Gasteiger charge is 2.13. The Hall–Kier alpha value is -1.06. The van der Waals surface area contributed by atoms with Crippen molar-refractivity contribution in [3.63, 3.8) is 0 Å². The quantitative estimate of drug-likeness (QED) is 0.823. The number of carbonyl (C=O) groups excluding carboxylic acids is 1. The summed E-state index contributed by atoms with van der Waals surface area (Å²) in [4.78, 5) is 12.0. The monoisotopic (exact) mass is 255 g/mol. The minimum atomic E-state index is 0.0352. The Bertz CT molecular complexity index is 416. The van der Waals surface area contributed by atoms with Gasteiger partial charge in [-0.3, -0.25) is 4.79 Å². The first-order valence-electron chi connectivity index (χ1n) is 5.58. The molecule has 17 heavy (non-hydrogen) atoms. The van der Waals surface area contributed by atoms with E-state index in [1.54, 1.807) is 19.2 Å². The summed E-state index contributed by atoms with van der Waals surface area (Å²) in [5, 5.41) is 0.460. The molecule has 1 aromatic carbocycles. The van der Waals surface area contributed by atoms with Crippen molar-refractivity contribution in [2.75, 3.05) is 7.11 Å². The Morgan fingerprint density at radius 2 is 2.18 bits per heavy atom. The molecule has 0 aromatic heterocycles. The fourth-order valence-electron chi connectivity index (χ4n) is 1.61. The maximum Gasteiger partial charge on any atom is 0.163 e. The summed E-state index contributed by atoms with van der Waals surface area (Å²) in [6, 6.07) is 3.48. The fourth-order valence-corrected chi connectivity index (χ4v) is 1.85. The van der Waals surface area contributed by atoms with Gasteiger partial charge in [0, 0.05) is 18.0 Å². The van der Waals surface area contributed by atoms with E-state index < -0.39 is 0 Å². The molecular formula is C13H18ClNO2. The van der Waals surface area contributed by atoms with Crippen LogP contribution in [0.25, 0.3) is 0 Å². The second-order valence-electron chi connectivity index (χ2n) is 4.24. The maximum atomic E-state index is 12.0. The predicted octanol–water partition coefficient (Wildman–Crippen LogP) is 2.97. The molecule has 0 radical (unpaired) electrons. The third-order valence-corrected chi connectivity index (χ3v) is 2.92. The Labute approximate surface area is 107 Å². The van der Waals surface area contributed by atoms with Crippen molar-refractivity contribution in [3.05, 3.63) is 28.3 Å². The van der Waals surface area contributed by atoms with E-state index in [2.05, 4.69) is 0 Å². The molecule has 0 bridgehead atoms. The van der Waals surface area contributed by atoms with Crippen LogP contribution in [0.3, 0.4) is 0 Å². The predicted molar refractivity (Wildman–Crippen MR) is 70.0 cm³/mol. The van der Waals surface area contributed by atoms with Gasteiger partial charge < -0.3 is 10.5 Å². The Kier molecular flexibility index (Phi) is 4.97. The number of halogens is 1. The van der Waals surface area contributed by atoms with E-state index in [1.807, 2.05) is 13.8 Å². The van der Waals surface area contributed by atoms with Crippen LogP contribution < -0.4 is 10.5 Å². The summed E-state index contributed by atoms with van der Waals surface area (Å²) in [5.41, 5.74) is 7.16. The van der Waals surface area contributed by atoms with Gasteiger partial charge in [0.15, 0.2) is 5.78 Å². The van der Waals surface area contributed by atoms with Crippen molar-refractivity contribution in [2.24, 2.45) is 5.73 Å². The van der Waals surface area contributed by atoms with Gasteiger partial charge >= 0.3 is 0 Å². The Balaban J connectivity index is 2.91. The molecule has 0 aliphatic rings. The molecule has 0 spiro atoms. The van der Waals surface area contributed by atoms with Crippen LogP contribution in [0.5, 0.6) is 5.75 Å². The summed E-state index contributed by atoms with van der Waals surface area (Å²) in [6.45, 7) is 3.76. The molecule has 0 heterocycles. The first-order valence-corrected chi connectivity index (χ1v) is 5.96. The van der Waals surface area contributed by atoms with Gasteiger partial charge in [0.2, 0.25) is 0 Å². The van der Waals surface area contributed by atoms with Crippen molar-refractivity contribution < 1.29 is 9.53 Å². The molecule has 0 fully saturated rings. The number of Topliss-reactive ketones (excluding diaryl/α,β-unsaturated/α-hetero) is 1. The lowest BCUT2D eigenvalue weighted by atomic mass is 10.00. The molecular weight excluding hydrogens is 238 g/mol. The standard InChI is InChI=1S/C13H18ClNO2/c1-8-6-13(17-3)11(14)7-10(8)12(16)5-4-9(2)15/h6-7,9H,4-5,15H2,1-3H3. The zero-order valence-corrected chi connectivity index (χ0v) is 11.2.